The number of aryl methyl sites for hydroxylation is 1. The number of fused-ring (bicyclic) bond motifs is 1. The van der Waals surface area contributed by atoms with Gasteiger partial charge in [0.25, 0.3) is 11.6 Å². The number of carbonyl (C=O) groups excluding carboxylic acids is 2. The Balaban J connectivity index is 1.72. The Morgan fingerprint density at radius 2 is 1.92 bits per heavy atom. The van der Waals surface area contributed by atoms with Crippen LogP contribution in [0.2, 0.25) is 0 Å². The zero-order valence-corrected chi connectivity index (χ0v) is 21.1. The number of nitrogens with one attached hydrogen (secondary N) is 1. The quantitative estimate of drug-likeness (QED) is 0.312. The summed E-state index contributed by atoms with van der Waals surface area (Å²) in [6.45, 7) is 3.55. The number of benzene rings is 2. The molecule has 9 heteroatoms. The third kappa shape index (κ3) is 5.98. The minimum absolute atomic E-state index is 0.0168. The van der Waals surface area contributed by atoms with Crippen LogP contribution < -0.4 is 15.0 Å². The van der Waals surface area contributed by atoms with E-state index in [4.69, 9.17) is 4.74 Å². The lowest BCUT2D eigenvalue weighted by atomic mass is 9.94. The lowest BCUT2D eigenvalue weighted by molar-refractivity contribution is -0.384. The number of hydrogen-bond acceptors (Lipinski definition) is 5. The standard InChI is InChI=1S/C28H32FN3O5/c1-3-18(2)26(27(33)30-21-8-5-4-6-9-21)31(22-10-7-11-23(17-22)32(35)36)28(34)25-14-12-19-16-20(29)13-15-24(19)37-25/h3,7,10-11,13,15-17,21,25-26H,4-6,8-9,12,14H2,1-2H3,(H,30,33)/b18-3+. The summed E-state index contributed by atoms with van der Waals surface area (Å²) in [6, 6.07) is 8.87. The van der Waals surface area contributed by atoms with E-state index in [1.165, 1.54) is 41.3 Å². The molecule has 8 nitrogen and oxygen atoms in total. The average Bonchev–Trinajstić information content (AvgIpc) is 2.91. The van der Waals surface area contributed by atoms with Crippen molar-refractivity contribution < 1.29 is 23.6 Å². The van der Waals surface area contributed by atoms with Crippen molar-refractivity contribution in [3.8, 4) is 5.75 Å². The second-order valence-electron chi connectivity index (χ2n) is 9.66. The highest BCUT2D eigenvalue weighted by Crippen LogP contribution is 2.32. The maximum absolute atomic E-state index is 14.1. The first kappa shape index (κ1) is 26.3. The van der Waals surface area contributed by atoms with Gasteiger partial charge < -0.3 is 10.1 Å². The van der Waals surface area contributed by atoms with Gasteiger partial charge in [-0.1, -0.05) is 31.4 Å². The van der Waals surface area contributed by atoms with Crippen LogP contribution in [-0.2, 0) is 16.0 Å². The molecule has 37 heavy (non-hydrogen) atoms. The van der Waals surface area contributed by atoms with Gasteiger partial charge in [-0.2, -0.15) is 0 Å². The Morgan fingerprint density at radius 1 is 1.16 bits per heavy atom. The summed E-state index contributed by atoms with van der Waals surface area (Å²) in [5.41, 5.74) is 1.34. The minimum atomic E-state index is -1.01. The number of halogens is 1. The largest absolute Gasteiger partial charge is 0.480 e. The van der Waals surface area contributed by atoms with Crippen molar-refractivity contribution in [2.75, 3.05) is 4.90 Å². The third-order valence-corrected chi connectivity index (χ3v) is 7.14. The zero-order chi connectivity index (χ0) is 26.5. The number of rotatable bonds is 7. The molecule has 1 heterocycles. The van der Waals surface area contributed by atoms with E-state index in [0.717, 1.165) is 32.1 Å². The van der Waals surface area contributed by atoms with Crippen molar-refractivity contribution in [3.05, 3.63) is 75.6 Å². The fourth-order valence-electron chi connectivity index (χ4n) is 5.06. The number of nitro groups is 1. The number of amides is 2. The van der Waals surface area contributed by atoms with Crippen LogP contribution in [0.25, 0.3) is 0 Å². The summed E-state index contributed by atoms with van der Waals surface area (Å²) >= 11 is 0. The van der Waals surface area contributed by atoms with E-state index >= 15 is 0 Å². The predicted octanol–water partition coefficient (Wildman–Crippen LogP) is 5.24. The van der Waals surface area contributed by atoms with E-state index < -0.39 is 23.0 Å². The molecule has 0 aromatic heterocycles. The van der Waals surface area contributed by atoms with Crippen LogP contribution in [0.15, 0.2) is 54.1 Å². The van der Waals surface area contributed by atoms with Crippen molar-refractivity contribution in [3.63, 3.8) is 0 Å². The summed E-state index contributed by atoms with van der Waals surface area (Å²) in [6.07, 6.45) is 6.47. The fourth-order valence-corrected chi connectivity index (χ4v) is 5.06. The highest BCUT2D eigenvalue weighted by molar-refractivity contribution is 6.04. The van der Waals surface area contributed by atoms with Crippen LogP contribution in [0.4, 0.5) is 15.8 Å². The third-order valence-electron chi connectivity index (χ3n) is 7.14. The van der Waals surface area contributed by atoms with Gasteiger partial charge in [-0.05, 0) is 74.9 Å². The van der Waals surface area contributed by atoms with E-state index in [9.17, 15) is 24.1 Å². The summed E-state index contributed by atoms with van der Waals surface area (Å²) in [5.74, 6) is -0.787. The number of allylic oxidation sites excluding steroid dienone is 1. The first-order chi connectivity index (χ1) is 17.8. The van der Waals surface area contributed by atoms with E-state index in [-0.39, 0.29) is 35.6 Å². The van der Waals surface area contributed by atoms with Gasteiger partial charge in [-0.25, -0.2) is 4.39 Å². The number of nitrogens with zero attached hydrogens (tertiary/aromatic N) is 2. The van der Waals surface area contributed by atoms with Crippen LogP contribution in [0.3, 0.4) is 0 Å². The molecule has 1 aliphatic heterocycles. The first-order valence-electron chi connectivity index (χ1n) is 12.7. The Labute approximate surface area is 215 Å². The Kier molecular flexibility index (Phi) is 8.21. The molecular weight excluding hydrogens is 477 g/mol. The Bertz CT molecular complexity index is 1210. The van der Waals surface area contributed by atoms with Gasteiger partial charge in [0, 0.05) is 18.2 Å². The van der Waals surface area contributed by atoms with Gasteiger partial charge in [0.05, 0.1) is 10.6 Å². The van der Waals surface area contributed by atoms with Crippen molar-refractivity contribution in [2.45, 2.75) is 77.0 Å². The smallest absolute Gasteiger partial charge is 0.271 e. The Hall–Kier alpha value is -3.75. The molecule has 0 saturated heterocycles. The molecule has 1 aliphatic carbocycles. The molecule has 2 unspecified atom stereocenters. The van der Waals surface area contributed by atoms with Gasteiger partial charge in [0.15, 0.2) is 6.10 Å². The first-order valence-corrected chi connectivity index (χ1v) is 12.7. The summed E-state index contributed by atoms with van der Waals surface area (Å²) in [5, 5.41) is 14.6. The number of anilines is 1. The Morgan fingerprint density at radius 3 is 2.62 bits per heavy atom. The lowest BCUT2D eigenvalue weighted by Crippen LogP contribution is -2.56. The van der Waals surface area contributed by atoms with Crippen molar-refractivity contribution in [1.29, 1.82) is 0 Å². The molecule has 1 fully saturated rings. The molecule has 196 valence electrons. The topological polar surface area (TPSA) is 102 Å². The molecule has 2 aromatic rings. The van der Waals surface area contributed by atoms with E-state index in [2.05, 4.69) is 5.32 Å². The average molecular weight is 510 g/mol. The van der Waals surface area contributed by atoms with Crippen LogP contribution >= 0.6 is 0 Å². The number of ether oxygens (including phenoxy) is 1. The minimum Gasteiger partial charge on any atom is -0.480 e. The van der Waals surface area contributed by atoms with Crippen LogP contribution in [0, 0.1) is 15.9 Å². The molecular formula is C28H32FN3O5. The molecule has 2 aliphatic rings. The van der Waals surface area contributed by atoms with Gasteiger partial charge in [0.1, 0.15) is 17.6 Å². The molecule has 0 radical (unpaired) electrons. The monoisotopic (exact) mass is 509 g/mol. The molecule has 4 rings (SSSR count). The molecule has 0 bridgehead atoms. The molecule has 2 aromatic carbocycles. The van der Waals surface area contributed by atoms with Gasteiger partial charge >= 0.3 is 0 Å². The molecule has 0 spiro atoms. The lowest BCUT2D eigenvalue weighted by Gasteiger charge is -2.36. The summed E-state index contributed by atoms with van der Waals surface area (Å²) in [4.78, 5) is 40.1. The SMILES string of the molecule is C/C=C(\C)C(C(=O)NC1CCCCC1)N(C(=O)C1CCc2cc(F)ccc2O1)c1cccc([N+](=O)[O-])c1. The maximum atomic E-state index is 14.1. The van der Waals surface area contributed by atoms with E-state index in [1.807, 2.05) is 0 Å². The number of hydrogen-bond donors (Lipinski definition) is 1. The molecule has 1 N–H and O–H groups in total. The van der Waals surface area contributed by atoms with Crippen LogP contribution in [0.5, 0.6) is 5.75 Å². The zero-order valence-electron chi connectivity index (χ0n) is 21.1. The highest BCUT2D eigenvalue weighted by atomic mass is 19.1. The summed E-state index contributed by atoms with van der Waals surface area (Å²) in [7, 11) is 0. The molecule has 1 saturated carbocycles. The maximum Gasteiger partial charge on any atom is 0.271 e. The van der Waals surface area contributed by atoms with E-state index in [1.54, 1.807) is 26.0 Å². The number of non-ortho nitro benzene ring substituents is 1. The highest BCUT2D eigenvalue weighted by Gasteiger charge is 2.39. The normalized spacial score (nSPS) is 18.8. The van der Waals surface area contributed by atoms with Crippen molar-refractivity contribution in [2.24, 2.45) is 0 Å². The van der Waals surface area contributed by atoms with Crippen LogP contribution in [0.1, 0.15) is 57.9 Å². The fraction of sp³-hybridized carbons (Fsp3) is 0.429. The van der Waals surface area contributed by atoms with Gasteiger partial charge in [0.2, 0.25) is 5.91 Å². The molecule has 2 amide bonds. The second kappa shape index (κ2) is 11.5. The predicted molar refractivity (Wildman–Crippen MR) is 138 cm³/mol. The molecule has 2 atom stereocenters. The van der Waals surface area contributed by atoms with Crippen LogP contribution in [-0.4, -0.2) is 34.9 Å². The van der Waals surface area contributed by atoms with Gasteiger partial charge in [-0.15, -0.1) is 0 Å². The number of carbonyl (C=O) groups is 2. The van der Waals surface area contributed by atoms with Crippen molar-refractivity contribution in [1.82, 2.24) is 5.32 Å². The van der Waals surface area contributed by atoms with Gasteiger partial charge in [-0.3, -0.25) is 24.6 Å². The van der Waals surface area contributed by atoms with Crippen molar-refractivity contribution >= 4 is 23.2 Å². The number of nitro benzene ring substituents is 1. The van der Waals surface area contributed by atoms with E-state index in [0.29, 0.717) is 23.3 Å². The summed E-state index contributed by atoms with van der Waals surface area (Å²) < 4.78 is 19.7. The second-order valence-corrected chi connectivity index (χ2v) is 9.66.